The molecule has 2 fully saturated rings. The Balaban J connectivity index is 1.15. The number of nitrogens with zero attached hydrogens (tertiary/aromatic N) is 2. The summed E-state index contributed by atoms with van der Waals surface area (Å²) in [5, 5.41) is 4.82. The highest BCUT2D eigenvalue weighted by Crippen LogP contribution is 2.32. The summed E-state index contributed by atoms with van der Waals surface area (Å²) >= 11 is 1.59. The first-order valence-electron chi connectivity index (χ1n) is 10.5. The maximum atomic E-state index is 13.0. The van der Waals surface area contributed by atoms with Gasteiger partial charge in [0.2, 0.25) is 0 Å². The Morgan fingerprint density at radius 3 is 2.37 bits per heavy atom. The van der Waals surface area contributed by atoms with Gasteiger partial charge in [0.15, 0.2) is 0 Å². The topological polar surface area (TPSA) is 52.7 Å². The zero-order valence-corrected chi connectivity index (χ0v) is 17.8. The number of fused-ring (bicyclic) bond motifs is 1. The second kappa shape index (κ2) is 7.85. The average Bonchev–Trinajstić information content (AvgIpc) is 3.35. The van der Waals surface area contributed by atoms with Crippen molar-refractivity contribution in [3.8, 4) is 0 Å². The predicted molar refractivity (Wildman–Crippen MR) is 120 cm³/mol. The molecule has 2 saturated heterocycles. The van der Waals surface area contributed by atoms with Crippen LogP contribution in [0.15, 0.2) is 54.6 Å². The first-order chi connectivity index (χ1) is 14.6. The Morgan fingerprint density at radius 2 is 1.60 bits per heavy atom. The van der Waals surface area contributed by atoms with Crippen LogP contribution in [-0.4, -0.2) is 59.9 Å². The minimum Gasteiger partial charge on any atom is -0.337 e. The number of hydrogen-bond acceptors (Lipinski definition) is 4. The van der Waals surface area contributed by atoms with Crippen LogP contribution in [0.3, 0.4) is 0 Å². The van der Waals surface area contributed by atoms with Gasteiger partial charge in [-0.15, -0.1) is 11.3 Å². The van der Waals surface area contributed by atoms with Gasteiger partial charge in [-0.3, -0.25) is 9.59 Å². The molecule has 0 radical (unpaired) electrons. The second-order valence-corrected chi connectivity index (χ2v) is 9.28. The van der Waals surface area contributed by atoms with Gasteiger partial charge in [0, 0.05) is 48.5 Å². The normalized spacial score (nSPS) is 19.3. The van der Waals surface area contributed by atoms with Gasteiger partial charge in [0.05, 0.1) is 4.88 Å². The third kappa shape index (κ3) is 3.50. The van der Waals surface area contributed by atoms with Crippen LogP contribution in [0.4, 0.5) is 0 Å². The minimum atomic E-state index is 0.102. The van der Waals surface area contributed by atoms with Gasteiger partial charge in [0.25, 0.3) is 11.8 Å². The lowest BCUT2D eigenvalue weighted by atomic mass is 10.1. The van der Waals surface area contributed by atoms with Crippen LogP contribution in [0.2, 0.25) is 0 Å². The predicted octanol–water partition coefficient (Wildman–Crippen LogP) is 3.54. The zero-order chi connectivity index (χ0) is 20.7. The van der Waals surface area contributed by atoms with Gasteiger partial charge in [0.1, 0.15) is 0 Å². The molecule has 1 aromatic heterocycles. The van der Waals surface area contributed by atoms with Crippen molar-refractivity contribution in [2.75, 3.05) is 26.2 Å². The van der Waals surface area contributed by atoms with E-state index in [-0.39, 0.29) is 11.8 Å². The third-order valence-electron chi connectivity index (χ3n) is 6.17. The number of nitrogens with one attached hydrogen (secondary N) is 1. The van der Waals surface area contributed by atoms with E-state index in [0.29, 0.717) is 12.1 Å². The fourth-order valence-electron chi connectivity index (χ4n) is 4.45. The maximum Gasteiger partial charge on any atom is 0.264 e. The molecule has 154 valence electrons. The molecule has 1 N–H and O–H groups in total. The Bertz CT molecular complexity index is 1090. The highest BCUT2D eigenvalue weighted by Gasteiger charge is 2.36. The molecule has 6 heteroatoms. The van der Waals surface area contributed by atoms with Crippen LogP contribution in [0.25, 0.3) is 10.1 Å². The van der Waals surface area contributed by atoms with E-state index in [1.54, 1.807) is 11.3 Å². The molecule has 0 bridgehead atoms. The van der Waals surface area contributed by atoms with Crippen LogP contribution in [0, 0.1) is 6.92 Å². The van der Waals surface area contributed by atoms with Crippen molar-refractivity contribution >= 4 is 33.2 Å². The summed E-state index contributed by atoms with van der Waals surface area (Å²) < 4.78 is 1.17. The van der Waals surface area contributed by atoms with Crippen molar-refractivity contribution in [3.63, 3.8) is 0 Å². The van der Waals surface area contributed by atoms with E-state index in [2.05, 4.69) is 17.4 Å². The highest BCUT2D eigenvalue weighted by molar-refractivity contribution is 7.21. The molecule has 2 aliphatic rings. The zero-order valence-electron chi connectivity index (χ0n) is 17.0. The van der Waals surface area contributed by atoms with Gasteiger partial charge >= 0.3 is 0 Å². The molecule has 3 heterocycles. The van der Waals surface area contributed by atoms with E-state index in [9.17, 15) is 9.59 Å². The molecular formula is C24H25N3O2S. The molecular weight excluding hydrogens is 394 g/mol. The summed E-state index contributed by atoms with van der Waals surface area (Å²) in [5.74, 6) is 0.240. The van der Waals surface area contributed by atoms with Crippen LogP contribution >= 0.6 is 11.3 Å². The number of likely N-dealkylation sites (tertiary alicyclic amines) is 2. The van der Waals surface area contributed by atoms with E-state index >= 15 is 0 Å². The van der Waals surface area contributed by atoms with Crippen LogP contribution in [-0.2, 0) is 0 Å². The van der Waals surface area contributed by atoms with Gasteiger partial charge in [-0.05, 0) is 42.5 Å². The van der Waals surface area contributed by atoms with Gasteiger partial charge in [-0.2, -0.15) is 0 Å². The molecule has 5 rings (SSSR count). The summed E-state index contributed by atoms with van der Waals surface area (Å²) in [5.41, 5.74) is 1.83. The van der Waals surface area contributed by atoms with E-state index < -0.39 is 0 Å². The molecule has 0 spiro atoms. The Kier molecular flexibility index (Phi) is 5.05. The Hall–Kier alpha value is -2.70. The first-order valence-corrected chi connectivity index (χ1v) is 11.3. The molecule has 0 aliphatic carbocycles. The Morgan fingerprint density at radius 1 is 0.900 bits per heavy atom. The summed E-state index contributed by atoms with van der Waals surface area (Å²) in [6, 6.07) is 18.3. The number of rotatable bonds is 4. The number of carbonyl (C=O) groups is 2. The lowest BCUT2D eigenvalue weighted by Gasteiger charge is -2.41. The first kappa shape index (κ1) is 19.3. The summed E-state index contributed by atoms with van der Waals surface area (Å²) in [6.45, 7) is 5.01. The number of carbonyl (C=O) groups excluding carboxylic acids is 2. The third-order valence-corrected chi connectivity index (χ3v) is 7.44. The summed E-state index contributed by atoms with van der Waals surface area (Å²) in [6.07, 6.45) is 0.957. The molecule has 5 nitrogen and oxygen atoms in total. The van der Waals surface area contributed by atoms with Crippen LogP contribution in [0.5, 0.6) is 0 Å². The molecule has 30 heavy (non-hydrogen) atoms. The van der Waals surface area contributed by atoms with Crippen molar-refractivity contribution in [3.05, 3.63) is 70.6 Å². The standard InChI is InChI=1S/C24H25N3O2S/c1-16-20-9-5-6-10-21(20)30-22(16)24(29)27-14-19(15-27)25-18-11-12-26(13-18)23(28)17-7-3-2-4-8-17/h2-10,18-19,25H,11-15H2,1H3. The van der Waals surface area contributed by atoms with Crippen molar-refractivity contribution < 1.29 is 9.59 Å². The molecule has 0 saturated carbocycles. The highest BCUT2D eigenvalue weighted by atomic mass is 32.1. The summed E-state index contributed by atoms with van der Waals surface area (Å²) in [4.78, 5) is 30.3. The number of aryl methyl sites for hydroxylation is 1. The van der Waals surface area contributed by atoms with E-state index in [4.69, 9.17) is 0 Å². The molecule has 3 aromatic rings. The van der Waals surface area contributed by atoms with Crippen LogP contribution < -0.4 is 5.32 Å². The lowest BCUT2D eigenvalue weighted by Crippen LogP contribution is -2.62. The van der Waals surface area contributed by atoms with Crippen molar-refractivity contribution in [2.45, 2.75) is 25.4 Å². The molecule has 2 aliphatic heterocycles. The van der Waals surface area contributed by atoms with Crippen molar-refractivity contribution in [2.24, 2.45) is 0 Å². The van der Waals surface area contributed by atoms with Gasteiger partial charge < -0.3 is 15.1 Å². The van der Waals surface area contributed by atoms with E-state index in [1.807, 2.05) is 59.2 Å². The number of hydrogen-bond donors (Lipinski definition) is 1. The van der Waals surface area contributed by atoms with E-state index in [1.165, 1.54) is 10.1 Å². The van der Waals surface area contributed by atoms with Gasteiger partial charge in [-0.1, -0.05) is 36.4 Å². The second-order valence-electron chi connectivity index (χ2n) is 8.23. The number of thiophene rings is 1. The number of benzene rings is 2. The fraction of sp³-hybridized carbons (Fsp3) is 0.333. The monoisotopic (exact) mass is 419 g/mol. The van der Waals surface area contributed by atoms with Gasteiger partial charge in [-0.25, -0.2) is 0 Å². The minimum absolute atomic E-state index is 0.102. The fourth-order valence-corrected chi connectivity index (χ4v) is 5.63. The lowest BCUT2D eigenvalue weighted by molar-refractivity contribution is 0.0557. The quantitative estimate of drug-likeness (QED) is 0.704. The molecule has 2 aromatic carbocycles. The maximum absolute atomic E-state index is 13.0. The molecule has 2 amide bonds. The molecule has 1 unspecified atom stereocenters. The van der Waals surface area contributed by atoms with E-state index in [0.717, 1.165) is 48.6 Å². The molecule has 1 atom stereocenters. The largest absolute Gasteiger partial charge is 0.337 e. The number of amides is 2. The van der Waals surface area contributed by atoms with Crippen molar-refractivity contribution in [1.82, 2.24) is 15.1 Å². The van der Waals surface area contributed by atoms with Crippen molar-refractivity contribution in [1.29, 1.82) is 0 Å². The smallest absolute Gasteiger partial charge is 0.264 e. The summed E-state index contributed by atoms with van der Waals surface area (Å²) in [7, 11) is 0. The average molecular weight is 420 g/mol. The Labute approximate surface area is 180 Å². The SMILES string of the molecule is Cc1c(C(=O)N2CC(NC3CCN(C(=O)c4ccccc4)C3)C2)sc2ccccc12. The van der Waals surface area contributed by atoms with Crippen LogP contribution in [0.1, 0.15) is 32.0 Å².